The number of halogens is 3. The van der Waals surface area contributed by atoms with Crippen molar-refractivity contribution in [2.75, 3.05) is 19.7 Å². The van der Waals surface area contributed by atoms with E-state index in [2.05, 4.69) is 23.1 Å². The van der Waals surface area contributed by atoms with Crippen molar-refractivity contribution >= 4 is 16.7 Å². The molecule has 0 aromatic heterocycles. The summed E-state index contributed by atoms with van der Waals surface area (Å²) in [4.78, 5) is 14.3. The highest BCUT2D eigenvalue weighted by molar-refractivity contribution is 5.88. The number of aryl methyl sites for hydroxylation is 1. The first-order valence-corrected chi connectivity index (χ1v) is 12.4. The molecule has 1 aliphatic heterocycles. The molecule has 34 heavy (non-hydrogen) atoms. The average molecular weight is 478 g/mol. The van der Waals surface area contributed by atoms with Crippen LogP contribution in [0.3, 0.4) is 0 Å². The maximum absolute atomic E-state index is 12.9. The first-order valence-electron chi connectivity index (χ1n) is 12.4. The van der Waals surface area contributed by atoms with Crippen LogP contribution >= 0.6 is 0 Å². The van der Waals surface area contributed by atoms with Gasteiger partial charge in [-0.2, -0.15) is 13.2 Å². The summed E-state index contributed by atoms with van der Waals surface area (Å²) in [6.07, 6.45) is -1.44. The zero-order chi connectivity index (χ0) is 24.3. The molecule has 0 bridgehead atoms. The zero-order valence-electron chi connectivity index (χ0n) is 20.0. The quantitative estimate of drug-likeness (QED) is 0.450. The van der Waals surface area contributed by atoms with Crippen molar-refractivity contribution in [3.8, 4) is 5.75 Å². The van der Waals surface area contributed by atoms with E-state index in [9.17, 15) is 18.0 Å². The number of fused-ring (bicyclic) bond motifs is 1. The number of hydrogen-bond donors (Lipinski definition) is 0. The van der Waals surface area contributed by atoms with Crippen molar-refractivity contribution in [1.29, 1.82) is 0 Å². The predicted molar refractivity (Wildman–Crippen MR) is 126 cm³/mol. The molecular formula is C27H34F3NO3. The SMILES string of the molecule is CCOC(=O)C1CCN(Cc2ccc3c(C)c(OC4CCC(C(F)(F)F)CC4)ccc3c2)CC1. The fourth-order valence-electron chi connectivity index (χ4n) is 5.27. The number of ether oxygens (including phenoxy) is 2. The van der Waals surface area contributed by atoms with Crippen molar-refractivity contribution in [3.05, 3.63) is 41.5 Å². The summed E-state index contributed by atoms with van der Waals surface area (Å²) in [5, 5.41) is 2.23. The van der Waals surface area contributed by atoms with Gasteiger partial charge in [-0.3, -0.25) is 9.69 Å². The molecule has 4 rings (SSSR count). The smallest absolute Gasteiger partial charge is 0.391 e. The Balaban J connectivity index is 1.35. The summed E-state index contributed by atoms with van der Waals surface area (Å²) in [6.45, 7) is 6.88. The number of benzene rings is 2. The summed E-state index contributed by atoms with van der Waals surface area (Å²) in [6, 6.07) is 10.4. The molecule has 186 valence electrons. The first kappa shape index (κ1) is 24.8. The molecule has 1 saturated heterocycles. The summed E-state index contributed by atoms with van der Waals surface area (Å²) in [5.41, 5.74) is 2.25. The number of nitrogens with zero attached hydrogens (tertiary/aromatic N) is 1. The number of piperidine rings is 1. The Kier molecular flexibility index (Phi) is 7.70. The van der Waals surface area contributed by atoms with Crippen LogP contribution in [0.15, 0.2) is 30.3 Å². The van der Waals surface area contributed by atoms with Gasteiger partial charge < -0.3 is 9.47 Å². The van der Waals surface area contributed by atoms with Gasteiger partial charge in [0.05, 0.1) is 24.5 Å². The van der Waals surface area contributed by atoms with E-state index in [-0.39, 0.29) is 30.8 Å². The van der Waals surface area contributed by atoms with E-state index in [0.717, 1.165) is 54.6 Å². The maximum atomic E-state index is 12.9. The normalized spacial score (nSPS) is 22.6. The summed E-state index contributed by atoms with van der Waals surface area (Å²) < 4.78 is 50.1. The van der Waals surface area contributed by atoms with Gasteiger partial charge in [0.15, 0.2) is 0 Å². The Hall–Kier alpha value is -2.28. The molecule has 1 heterocycles. The molecule has 2 aromatic carbocycles. The molecule has 0 amide bonds. The molecule has 0 spiro atoms. The van der Waals surface area contributed by atoms with E-state index in [1.54, 1.807) is 0 Å². The molecule has 1 saturated carbocycles. The topological polar surface area (TPSA) is 38.8 Å². The van der Waals surface area contributed by atoms with Gasteiger partial charge in [0.2, 0.25) is 0 Å². The minimum Gasteiger partial charge on any atom is -0.490 e. The van der Waals surface area contributed by atoms with Crippen LogP contribution in [0, 0.1) is 18.8 Å². The van der Waals surface area contributed by atoms with Crippen molar-refractivity contribution in [1.82, 2.24) is 4.90 Å². The minimum absolute atomic E-state index is 0.0115. The Morgan fingerprint density at radius 2 is 1.74 bits per heavy atom. The van der Waals surface area contributed by atoms with E-state index in [0.29, 0.717) is 19.4 Å². The van der Waals surface area contributed by atoms with Crippen molar-refractivity contribution in [3.63, 3.8) is 0 Å². The Labute approximate surface area is 199 Å². The summed E-state index contributed by atoms with van der Waals surface area (Å²) >= 11 is 0. The molecule has 4 nitrogen and oxygen atoms in total. The van der Waals surface area contributed by atoms with Gasteiger partial charge in [-0.05, 0) is 99.5 Å². The number of likely N-dealkylation sites (tertiary alicyclic amines) is 1. The lowest BCUT2D eigenvalue weighted by molar-refractivity contribution is -0.185. The van der Waals surface area contributed by atoms with E-state index < -0.39 is 12.1 Å². The predicted octanol–water partition coefficient (Wildman–Crippen LogP) is 6.42. The maximum Gasteiger partial charge on any atom is 0.391 e. The fraction of sp³-hybridized carbons (Fsp3) is 0.593. The van der Waals surface area contributed by atoms with Gasteiger partial charge >= 0.3 is 12.1 Å². The second kappa shape index (κ2) is 10.5. The Morgan fingerprint density at radius 3 is 2.38 bits per heavy atom. The van der Waals surface area contributed by atoms with Gasteiger partial charge in [0.25, 0.3) is 0 Å². The lowest BCUT2D eigenvalue weighted by Crippen LogP contribution is -2.36. The zero-order valence-corrected chi connectivity index (χ0v) is 20.0. The molecule has 1 aliphatic carbocycles. The number of carbonyl (C=O) groups excluding carboxylic acids is 1. The standard InChI is InChI=1S/C27H34F3NO3/c1-3-33-26(32)20-12-14-31(15-13-20)17-19-4-10-24-18(2)25(11-5-21(24)16-19)34-23-8-6-22(7-9-23)27(28,29)30/h4-5,10-11,16,20,22-23H,3,6-9,12-15,17H2,1-2H3. The molecule has 0 atom stereocenters. The van der Waals surface area contributed by atoms with Gasteiger partial charge in [-0.1, -0.05) is 18.2 Å². The third-order valence-electron chi connectivity index (χ3n) is 7.35. The molecule has 0 radical (unpaired) electrons. The van der Waals surface area contributed by atoms with Crippen molar-refractivity contribution in [2.24, 2.45) is 11.8 Å². The number of carbonyl (C=O) groups is 1. The van der Waals surface area contributed by atoms with Crippen LogP contribution in [0.4, 0.5) is 13.2 Å². The molecule has 0 unspecified atom stereocenters. The van der Waals surface area contributed by atoms with Crippen LogP contribution in [0.5, 0.6) is 5.75 Å². The van der Waals surface area contributed by atoms with E-state index >= 15 is 0 Å². The van der Waals surface area contributed by atoms with Crippen LogP contribution in [0.2, 0.25) is 0 Å². The van der Waals surface area contributed by atoms with E-state index in [1.165, 1.54) is 5.56 Å². The van der Waals surface area contributed by atoms with Crippen LogP contribution in [-0.4, -0.2) is 42.8 Å². The second-order valence-electron chi connectivity index (χ2n) is 9.68. The highest BCUT2D eigenvalue weighted by atomic mass is 19.4. The summed E-state index contributed by atoms with van der Waals surface area (Å²) in [5.74, 6) is -0.497. The average Bonchev–Trinajstić information content (AvgIpc) is 2.81. The number of rotatable bonds is 6. The third-order valence-corrected chi connectivity index (χ3v) is 7.35. The van der Waals surface area contributed by atoms with Crippen LogP contribution < -0.4 is 4.74 Å². The molecule has 0 N–H and O–H groups in total. The summed E-state index contributed by atoms with van der Waals surface area (Å²) in [7, 11) is 0. The lowest BCUT2D eigenvalue weighted by Gasteiger charge is -2.31. The fourth-order valence-corrected chi connectivity index (χ4v) is 5.27. The van der Waals surface area contributed by atoms with Crippen LogP contribution in [0.25, 0.3) is 10.8 Å². The third kappa shape index (κ3) is 5.85. The number of hydrogen-bond acceptors (Lipinski definition) is 4. The molecule has 7 heteroatoms. The second-order valence-corrected chi connectivity index (χ2v) is 9.68. The Morgan fingerprint density at radius 1 is 1.03 bits per heavy atom. The van der Waals surface area contributed by atoms with Crippen LogP contribution in [-0.2, 0) is 16.1 Å². The van der Waals surface area contributed by atoms with Crippen molar-refractivity contribution in [2.45, 2.75) is 71.2 Å². The van der Waals surface area contributed by atoms with E-state index in [4.69, 9.17) is 9.47 Å². The largest absolute Gasteiger partial charge is 0.490 e. The van der Waals surface area contributed by atoms with E-state index in [1.807, 2.05) is 26.0 Å². The first-order chi connectivity index (χ1) is 16.2. The highest BCUT2D eigenvalue weighted by Gasteiger charge is 2.41. The molecular weight excluding hydrogens is 443 g/mol. The van der Waals surface area contributed by atoms with Crippen LogP contribution in [0.1, 0.15) is 56.6 Å². The highest BCUT2D eigenvalue weighted by Crippen LogP contribution is 2.39. The van der Waals surface area contributed by atoms with Gasteiger partial charge in [0, 0.05) is 6.54 Å². The molecule has 2 fully saturated rings. The van der Waals surface area contributed by atoms with Gasteiger partial charge in [-0.15, -0.1) is 0 Å². The molecule has 2 aliphatic rings. The lowest BCUT2D eigenvalue weighted by atomic mass is 9.87. The number of alkyl halides is 3. The monoisotopic (exact) mass is 477 g/mol. The number of esters is 1. The Bertz CT molecular complexity index is 991. The van der Waals surface area contributed by atoms with Gasteiger partial charge in [-0.25, -0.2) is 0 Å². The van der Waals surface area contributed by atoms with Crippen molar-refractivity contribution < 1.29 is 27.4 Å². The molecule has 2 aromatic rings. The van der Waals surface area contributed by atoms with Gasteiger partial charge in [0.1, 0.15) is 5.75 Å². The minimum atomic E-state index is -4.10.